The van der Waals surface area contributed by atoms with Gasteiger partial charge in [0.1, 0.15) is 12.0 Å². The predicted molar refractivity (Wildman–Crippen MR) is 64.8 cm³/mol. The van der Waals surface area contributed by atoms with Crippen LogP contribution in [0, 0.1) is 0 Å². The van der Waals surface area contributed by atoms with Gasteiger partial charge in [0.05, 0.1) is 12.6 Å². The van der Waals surface area contributed by atoms with Crippen LogP contribution in [0.5, 0.6) is 0 Å². The van der Waals surface area contributed by atoms with Gasteiger partial charge >= 0.3 is 6.03 Å². The highest BCUT2D eigenvalue weighted by molar-refractivity contribution is 5.83. The van der Waals surface area contributed by atoms with Gasteiger partial charge in [0.15, 0.2) is 0 Å². The van der Waals surface area contributed by atoms with Gasteiger partial charge in [-0.15, -0.1) is 0 Å². The quantitative estimate of drug-likeness (QED) is 0.847. The Balaban J connectivity index is 2.49. The van der Waals surface area contributed by atoms with Crippen LogP contribution >= 0.6 is 0 Å². The third-order valence-electron chi connectivity index (χ3n) is 2.66. The van der Waals surface area contributed by atoms with Crippen LogP contribution in [0.1, 0.15) is 18.7 Å². The molecule has 0 saturated heterocycles. The van der Waals surface area contributed by atoms with Crippen LogP contribution in [0.4, 0.5) is 4.79 Å². The molecule has 0 spiro atoms. The van der Waals surface area contributed by atoms with Crippen LogP contribution in [0.25, 0.3) is 0 Å². The van der Waals surface area contributed by atoms with Gasteiger partial charge in [-0.2, -0.15) is 0 Å². The van der Waals surface area contributed by atoms with Gasteiger partial charge in [-0.05, 0) is 6.92 Å². The third-order valence-corrected chi connectivity index (χ3v) is 2.66. The van der Waals surface area contributed by atoms with Gasteiger partial charge < -0.3 is 19.6 Å². The Kier molecular flexibility index (Phi) is 4.70. The zero-order chi connectivity index (χ0) is 13.7. The number of aromatic nitrogens is 1. The first kappa shape index (κ1) is 14.0. The van der Waals surface area contributed by atoms with Crippen LogP contribution in [0.3, 0.4) is 0 Å². The molecule has 100 valence electrons. The molecule has 7 nitrogen and oxygen atoms in total. The molecule has 18 heavy (non-hydrogen) atoms. The lowest BCUT2D eigenvalue weighted by atomic mass is 10.2. The van der Waals surface area contributed by atoms with Crippen molar-refractivity contribution in [3.05, 3.63) is 18.0 Å². The highest BCUT2D eigenvalue weighted by Gasteiger charge is 2.19. The fourth-order valence-electron chi connectivity index (χ4n) is 1.29. The van der Waals surface area contributed by atoms with E-state index >= 15 is 0 Å². The standard InChI is InChI=1S/C11H18N4O3/c1-8(9-5-6-18-13-9)15(4)10(16)7-12-11(17)14(2)3/h5-6,8H,7H2,1-4H3,(H,12,17)/t8-/m1/s1. The summed E-state index contributed by atoms with van der Waals surface area (Å²) >= 11 is 0. The number of nitrogens with zero attached hydrogens (tertiary/aromatic N) is 3. The zero-order valence-electron chi connectivity index (χ0n) is 11.0. The van der Waals surface area contributed by atoms with Crippen molar-refractivity contribution in [1.29, 1.82) is 0 Å². The molecule has 0 aliphatic heterocycles. The van der Waals surface area contributed by atoms with Gasteiger partial charge in [0, 0.05) is 27.2 Å². The van der Waals surface area contributed by atoms with E-state index in [1.807, 2.05) is 6.92 Å². The maximum Gasteiger partial charge on any atom is 0.317 e. The molecule has 1 atom stereocenters. The van der Waals surface area contributed by atoms with Gasteiger partial charge in [0.25, 0.3) is 0 Å². The zero-order valence-corrected chi connectivity index (χ0v) is 11.0. The molecule has 1 rings (SSSR count). The van der Waals surface area contributed by atoms with Gasteiger partial charge in [-0.25, -0.2) is 4.79 Å². The van der Waals surface area contributed by atoms with Gasteiger partial charge in [-0.3, -0.25) is 4.79 Å². The summed E-state index contributed by atoms with van der Waals surface area (Å²) in [5.74, 6) is -0.194. The van der Waals surface area contributed by atoms with Crippen LogP contribution in [-0.2, 0) is 4.79 Å². The number of carbonyl (C=O) groups is 2. The average Bonchev–Trinajstić information content (AvgIpc) is 2.87. The normalized spacial score (nSPS) is 11.8. The van der Waals surface area contributed by atoms with E-state index in [-0.39, 0.29) is 24.5 Å². The summed E-state index contributed by atoms with van der Waals surface area (Å²) in [7, 11) is 4.88. The number of hydrogen-bond acceptors (Lipinski definition) is 4. The number of rotatable bonds is 4. The van der Waals surface area contributed by atoms with Crippen molar-refractivity contribution in [3.8, 4) is 0 Å². The lowest BCUT2D eigenvalue weighted by Gasteiger charge is -2.23. The van der Waals surface area contributed by atoms with Crippen molar-refractivity contribution in [3.63, 3.8) is 0 Å². The maximum absolute atomic E-state index is 11.8. The van der Waals surface area contributed by atoms with E-state index in [0.29, 0.717) is 5.69 Å². The number of likely N-dealkylation sites (N-methyl/N-ethyl adjacent to an activating group) is 1. The van der Waals surface area contributed by atoms with E-state index in [0.717, 1.165) is 0 Å². The second-order valence-corrected chi connectivity index (χ2v) is 4.16. The smallest absolute Gasteiger partial charge is 0.317 e. The second-order valence-electron chi connectivity index (χ2n) is 4.16. The fraction of sp³-hybridized carbons (Fsp3) is 0.545. The minimum atomic E-state index is -0.300. The summed E-state index contributed by atoms with van der Waals surface area (Å²) in [6, 6.07) is 1.20. The molecule has 3 amide bonds. The van der Waals surface area contributed by atoms with Crippen molar-refractivity contribution in [2.24, 2.45) is 0 Å². The minimum Gasteiger partial charge on any atom is -0.364 e. The van der Waals surface area contributed by atoms with E-state index in [2.05, 4.69) is 10.5 Å². The molecular weight excluding hydrogens is 236 g/mol. The number of urea groups is 1. The van der Waals surface area contributed by atoms with E-state index in [1.54, 1.807) is 27.2 Å². The highest BCUT2D eigenvalue weighted by Crippen LogP contribution is 2.15. The van der Waals surface area contributed by atoms with E-state index in [9.17, 15) is 9.59 Å². The summed E-state index contributed by atoms with van der Waals surface area (Å²) in [5.41, 5.74) is 0.671. The molecule has 0 saturated carbocycles. The Hall–Kier alpha value is -2.05. The van der Waals surface area contributed by atoms with Crippen molar-refractivity contribution in [1.82, 2.24) is 20.3 Å². The minimum absolute atomic E-state index is 0.0459. The molecule has 1 N–H and O–H groups in total. The Bertz CT molecular complexity index is 402. The molecule has 1 aromatic heterocycles. The molecule has 1 heterocycles. The number of nitrogens with one attached hydrogen (secondary N) is 1. The van der Waals surface area contributed by atoms with E-state index in [4.69, 9.17) is 4.52 Å². The predicted octanol–water partition coefficient (Wildman–Crippen LogP) is 0.465. The summed E-state index contributed by atoms with van der Waals surface area (Å²) in [4.78, 5) is 26.0. The first-order valence-electron chi connectivity index (χ1n) is 5.54. The Morgan fingerprint density at radius 3 is 2.61 bits per heavy atom. The fourth-order valence-corrected chi connectivity index (χ4v) is 1.29. The van der Waals surface area contributed by atoms with Crippen molar-refractivity contribution >= 4 is 11.9 Å². The van der Waals surface area contributed by atoms with Crippen LogP contribution in [0.2, 0.25) is 0 Å². The maximum atomic E-state index is 11.8. The summed E-state index contributed by atoms with van der Waals surface area (Å²) < 4.78 is 4.73. The first-order valence-corrected chi connectivity index (χ1v) is 5.54. The second kappa shape index (κ2) is 6.04. The molecular formula is C11H18N4O3. The summed E-state index contributed by atoms with van der Waals surface area (Å²) in [5, 5.41) is 6.29. The van der Waals surface area contributed by atoms with E-state index < -0.39 is 0 Å². The molecule has 0 aliphatic carbocycles. The lowest BCUT2D eigenvalue weighted by Crippen LogP contribution is -2.42. The largest absolute Gasteiger partial charge is 0.364 e. The van der Waals surface area contributed by atoms with E-state index in [1.165, 1.54) is 16.1 Å². The SMILES string of the molecule is C[C@H](c1ccon1)N(C)C(=O)CNC(=O)N(C)C. The number of carbonyl (C=O) groups excluding carboxylic acids is 2. The van der Waals surface area contributed by atoms with Crippen molar-refractivity contribution < 1.29 is 14.1 Å². The highest BCUT2D eigenvalue weighted by atomic mass is 16.5. The summed E-state index contributed by atoms with van der Waals surface area (Å²) in [6.07, 6.45) is 1.46. The van der Waals surface area contributed by atoms with Crippen LogP contribution in [0.15, 0.2) is 16.9 Å². The Labute approximate surface area is 106 Å². The van der Waals surface area contributed by atoms with Crippen LogP contribution < -0.4 is 5.32 Å². The molecule has 0 bridgehead atoms. The van der Waals surface area contributed by atoms with Crippen molar-refractivity contribution in [2.75, 3.05) is 27.7 Å². The van der Waals surface area contributed by atoms with Gasteiger partial charge in [-0.1, -0.05) is 5.16 Å². The van der Waals surface area contributed by atoms with Crippen molar-refractivity contribution in [2.45, 2.75) is 13.0 Å². The molecule has 0 aromatic carbocycles. The molecule has 0 radical (unpaired) electrons. The lowest BCUT2D eigenvalue weighted by molar-refractivity contribution is -0.130. The molecule has 0 unspecified atom stereocenters. The van der Waals surface area contributed by atoms with Crippen LogP contribution in [-0.4, -0.2) is 54.6 Å². The molecule has 7 heteroatoms. The topological polar surface area (TPSA) is 78.7 Å². The average molecular weight is 254 g/mol. The summed E-state index contributed by atoms with van der Waals surface area (Å²) in [6.45, 7) is 1.79. The molecule has 0 fully saturated rings. The monoisotopic (exact) mass is 254 g/mol. The Morgan fingerprint density at radius 1 is 1.44 bits per heavy atom. The molecule has 0 aliphatic rings. The number of hydrogen-bond donors (Lipinski definition) is 1. The van der Waals surface area contributed by atoms with Gasteiger partial charge in [0.2, 0.25) is 5.91 Å². The third kappa shape index (κ3) is 3.47. The molecule has 1 aromatic rings. The Morgan fingerprint density at radius 2 is 2.11 bits per heavy atom. The first-order chi connectivity index (χ1) is 8.43. The number of amides is 3.